The number of para-hydroxylation sites is 1. The van der Waals surface area contributed by atoms with Crippen molar-refractivity contribution in [3.8, 4) is 0 Å². The minimum atomic E-state index is -0.566. The van der Waals surface area contributed by atoms with E-state index in [0.717, 1.165) is 5.56 Å². The molecule has 1 aromatic heterocycles. The lowest BCUT2D eigenvalue weighted by Gasteiger charge is -2.08. The Balaban J connectivity index is 1.37. The maximum atomic E-state index is 13.7. The largest absolute Gasteiger partial charge is 0.332 e. The van der Waals surface area contributed by atoms with Gasteiger partial charge in [-0.2, -0.15) is 0 Å². The Kier molecular flexibility index (Phi) is 5.84. The van der Waals surface area contributed by atoms with E-state index in [1.807, 2.05) is 30.3 Å². The zero-order valence-corrected chi connectivity index (χ0v) is 16.5. The van der Waals surface area contributed by atoms with Gasteiger partial charge in [0.2, 0.25) is 0 Å². The van der Waals surface area contributed by atoms with E-state index in [2.05, 4.69) is 15.6 Å². The molecule has 0 spiro atoms. The van der Waals surface area contributed by atoms with Crippen molar-refractivity contribution in [2.45, 2.75) is 6.54 Å². The first-order valence-corrected chi connectivity index (χ1v) is 9.61. The molecule has 4 aromatic rings. The second-order valence-electron chi connectivity index (χ2n) is 6.88. The molecule has 31 heavy (non-hydrogen) atoms. The molecule has 0 aliphatic heterocycles. The minimum absolute atomic E-state index is 0.00805. The molecule has 2 N–H and O–H groups in total. The van der Waals surface area contributed by atoms with Crippen molar-refractivity contribution < 1.29 is 14.0 Å². The molecule has 0 bridgehead atoms. The second-order valence-corrected chi connectivity index (χ2v) is 6.88. The van der Waals surface area contributed by atoms with E-state index in [-0.39, 0.29) is 11.5 Å². The number of benzene rings is 3. The third-order valence-electron chi connectivity index (χ3n) is 4.59. The van der Waals surface area contributed by atoms with Gasteiger partial charge in [0.1, 0.15) is 11.5 Å². The molecule has 6 nitrogen and oxygen atoms in total. The smallest absolute Gasteiger partial charge is 0.275 e. The zero-order valence-electron chi connectivity index (χ0n) is 16.5. The number of aromatic nitrogens is 2. The van der Waals surface area contributed by atoms with Crippen molar-refractivity contribution in [3.63, 3.8) is 0 Å². The third kappa shape index (κ3) is 5.02. The summed E-state index contributed by atoms with van der Waals surface area (Å²) in [5.41, 5.74) is 2.53. The van der Waals surface area contributed by atoms with Gasteiger partial charge < -0.3 is 15.2 Å². The number of amides is 2. The highest BCUT2D eigenvalue weighted by atomic mass is 19.1. The first kappa shape index (κ1) is 20.0. The molecule has 7 heteroatoms. The summed E-state index contributed by atoms with van der Waals surface area (Å²) in [7, 11) is 0. The molecular weight excluding hydrogens is 395 g/mol. The predicted molar refractivity (Wildman–Crippen MR) is 117 cm³/mol. The lowest BCUT2D eigenvalue weighted by atomic mass is 10.1. The highest BCUT2D eigenvalue weighted by molar-refractivity contribution is 6.04. The van der Waals surface area contributed by atoms with Crippen LogP contribution in [0.15, 0.2) is 91.4 Å². The molecule has 0 atom stereocenters. The summed E-state index contributed by atoms with van der Waals surface area (Å²) in [6.45, 7) is 0.507. The van der Waals surface area contributed by atoms with Crippen LogP contribution in [-0.4, -0.2) is 21.4 Å². The number of hydrogen-bond acceptors (Lipinski definition) is 3. The standard InChI is InChI=1S/C24H19FN4O2/c25-21-9-5-4-8-20(21)23(30)27-19-12-10-17(11-13-19)14-29-15-22(26-16-29)24(31)28-18-6-2-1-3-7-18/h1-13,15-16H,14H2,(H,27,30)(H,28,31). The van der Waals surface area contributed by atoms with Gasteiger partial charge in [-0.1, -0.05) is 42.5 Å². The molecular formula is C24H19FN4O2. The summed E-state index contributed by atoms with van der Waals surface area (Å²) in [6, 6.07) is 22.2. The van der Waals surface area contributed by atoms with Crippen LogP contribution in [0, 0.1) is 5.82 Å². The van der Waals surface area contributed by atoms with E-state index in [9.17, 15) is 14.0 Å². The fourth-order valence-electron chi connectivity index (χ4n) is 3.03. The van der Waals surface area contributed by atoms with Gasteiger partial charge >= 0.3 is 0 Å². The molecule has 0 unspecified atom stereocenters. The lowest BCUT2D eigenvalue weighted by molar-refractivity contribution is 0.101. The molecule has 154 valence electrons. The van der Waals surface area contributed by atoms with Gasteiger partial charge in [0, 0.05) is 24.1 Å². The van der Waals surface area contributed by atoms with Crippen LogP contribution in [0.25, 0.3) is 0 Å². The van der Waals surface area contributed by atoms with E-state index >= 15 is 0 Å². The summed E-state index contributed by atoms with van der Waals surface area (Å²) in [5.74, 6) is -1.35. The number of anilines is 2. The van der Waals surface area contributed by atoms with Crippen molar-refractivity contribution in [2.75, 3.05) is 10.6 Å². The quantitative estimate of drug-likeness (QED) is 0.485. The fraction of sp³-hybridized carbons (Fsp3) is 0.0417. The minimum Gasteiger partial charge on any atom is -0.332 e. The Morgan fingerprint density at radius 2 is 1.45 bits per heavy atom. The molecule has 1 heterocycles. The van der Waals surface area contributed by atoms with Crippen LogP contribution >= 0.6 is 0 Å². The van der Waals surface area contributed by atoms with E-state index in [1.165, 1.54) is 18.2 Å². The second kappa shape index (κ2) is 9.04. The van der Waals surface area contributed by atoms with Crippen molar-refractivity contribution in [2.24, 2.45) is 0 Å². The summed E-state index contributed by atoms with van der Waals surface area (Å²) >= 11 is 0. The zero-order chi connectivity index (χ0) is 21.6. The average molecular weight is 414 g/mol. The van der Waals surface area contributed by atoms with Crippen molar-refractivity contribution >= 4 is 23.2 Å². The van der Waals surface area contributed by atoms with Gasteiger partial charge in [0.15, 0.2) is 0 Å². The molecule has 4 rings (SSSR count). The van der Waals surface area contributed by atoms with E-state index in [1.54, 1.807) is 47.4 Å². The van der Waals surface area contributed by atoms with Gasteiger partial charge in [-0.15, -0.1) is 0 Å². The lowest BCUT2D eigenvalue weighted by Crippen LogP contribution is -2.13. The molecule has 0 fully saturated rings. The summed E-state index contributed by atoms with van der Waals surface area (Å²) < 4.78 is 15.5. The first-order valence-electron chi connectivity index (χ1n) is 9.61. The number of halogens is 1. The summed E-state index contributed by atoms with van der Waals surface area (Å²) in [6.07, 6.45) is 3.26. The number of hydrogen-bond donors (Lipinski definition) is 2. The molecule has 0 aliphatic carbocycles. The van der Waals surface area contributed by atoms with Crippen LogP contribution in [0.3, 0.4) is 0 Å². The molecule has 2 amide bonds. The molecule has 0 saturated heterocycles. The monoisotopic (exact) mass is 414 g/mol. The van der Waals surface area contributed by atoms with Crippen LogP contribution in [-0.2, 0) is 6.54 Å². The summed E-state index contributed by atoms with van der Waals surface area (Å²) in [4.78, 5) is 28.7. The predicted octanol–water partition coefficient (Wildman–Crippen LogP) is 4.58. The maximum absolute atomic E-state index is 13.7. The van der Waals surface area contributed by atoms with E-state index in [4.69, 9.17) is 0 Å². The van der Waals surface area contributed by atoms with Crippen LogP contribution in [0.1, 0.15) is 26.4 Å². The topological polar surface area (TPSA) is 76.0 Å². The molecule has 3 aromatic carbocycles. The van der Waals surface area contributed by atoms with Crippen molar-refractivity contribution in [1.29, 1.82) is 0 Å². The van der Waals surface area contributed by atoms with Crippen molar-refractivity contribution in [3.05, 3.63) is 114 Å². The van der Waals surface area contributed by atoms with Crippen LogP contribution in [0.2, 0.25) is 0 Å². The van der Waals surface area contributed by atoms with Gasteiger partial charge in [-0.25, -0.2) is 9.37 Å². The Labute approximate surface area is 178 Å². The molecule has 0 radical (unpaired) electrons. The number of nitrogens with one attached hydrogen (secondary N) is 2. The SMILES string of the molecule is O=C(Nc1ccccc1)c1cn(Cc2ccc(NC(=O)c3ccccc3F)cc2)cn1. The number of carbonyl (C=O) groups is 2. The van der Waals surface area contributed by atoms with Crippen molar-refractivity contribution in [1.82, 2.24) is 9.55 Å². The number of rotatable bonds is 6. The average Bonchev–Trinajstić information content (AvgIpc) is 3.25. The third-order valence-corrected chi connectivity index (χ3v) is 4.59. The van der Waals surface area contributed by atoms with Gasteiger partial charge in [0.05, 0.1) is 11.9 Å². The van der Waals surface area contributed by atoms with Crippen LogP contribution in [0.5, 0.6) is 0 Å². The number of imidazole rings is 1. The van der Waals surface area contributed by atoms with Gasteiger partial charge in [0.25, 0.3) is 11.8 Å². The number of carbonyl (C=O) groups excluding carboxylic acids is 2. The highest BCUT2D eigenvalue weighted by Crippen LogP contribution is 2.15. The summed E-state index contributed by atoms with van der Waals surface area (Å²) in [5, 5.41) is 5.48. The van der Waals surface area contributed by atoms with Crippen LogP contribution in [0.4, 0.5) is 15.8 Å². The maximum Gasteiger partial charge on any atom is 0.275 e. The fourth-order valence-corrected chi connectivity index (χ4v) is 3.03. The molecule has 0 saturated carbocycles. The Morgan fingerprint density at radius 3 is 2.19 bits per heavy atom. The Hall–Kier alpha value is -4.26. The van der Waals surface area contributed by atoms with E-state index in [0.29, 0.717) is 23.6 Å². The number of nitrogens with zero attached hydrogens (tertiary/aromatic N) is 2. The molecule has 0 aliphatic rings. The Morgan fingerprint density at radius 1 is 0.806 bits per heavy atom. The van der Waals surface area contributed by atoms with E-state index < -0.39 is 11.7 Å². The van der Waals surface area contributed by atoms with Gasteiger partial charge in [-0.05, 0) is 42.0 Å². The normalized spacial score (nSPS) is 10.5. The highest BCUT2D eigenvalue weighted by Gasteiger charge is 2.12. The van der Waals surface area contributed by atoms with Gasteiger partial charge in [-0.3, -0.25) is 9.59 Å². The Bertz CT molecular complexity index is 1200. The van der Waals surface area contributed by atoms with Crippen LogP contribution < -0.4 is 10.6 Å². The first-order chi connectivity index (χ1) is 15.1.